The van der Waals surface area contributed by atoms with E-state index >= 15 is 0 Å². The predicted molar refractivity (Wildman–Crippen MR) is 80.5 cm³/mol. The van der Waals surface area contributed by atoms with Gasteiger partial charge in [0.05, 0.1) is 0 Å². The summed E-state index contributed by atoms with van der Waals surface area (Å²) in [6.07, 6.45) is 0.506. The Hall–Kier alpha value is -1.53. The zero-order chi connectivity index (χ0) is 14.4. The van der Waals surface area contributed by atoms with Crippen molar-refractivity contribution >= 4 is 23.6 Å². The second kappa shape index (κ2) is 7.31. The minimum Gasteiger partial charge on any atom is -0.366 e. The van der Waals surface area contributed by atoms with Crippen molar-refractivity contribution in [3.8, 4) is 0 Å². The number of hydrogen-bond donors (Lipinski definition) is 3. The molecular weight excluding hydrogens is 274 g/mol. The van der Waals surface area contributed by atoms with Gasteiger partial charge in [-0.15, -0.1) is 0 Å². The maximum atomic E-state index is 11.8. The number of rotatable bonds is 5. The SMILES string of the molecule is NC(=O)c1ccc(CNC(=O)CC2CSCCN2)cc1. The molecule has 2 amide bonds. The van der Waals surface area contributed by atoms with Crippen LogP contribution >= 0.6 is 11.8 Å². The number of benzene rings is 1. The maximum Gasteiger partial charge on any atom is 0.248 e. The molecular formula is C14H19N3O2S. The lowest BCUT2D eigenvalue weighted by atomic mass is 10.1. The molecule has 5 nitrogen and oxygen atoms in total. The Kier molecular flexibility index (Phi) is 5.43. The molecule has 1 unspecified atom stereocenters. The van der Waals surface area contributed by atoms with Gasteiger partial charge in [-0.3, -0.25) is 9.59 Å². The number of primary amides is 1. The van der Waals surface area contributed by atoms with Gasteiger partial charge in [-0.2, -0.15) is 11.8 Å². The predicted octanol–water partition coefficient (Wildman–Crippen LogP) is 0.497. The molecule has 1 aliphatic rings. The lowest BCUT2D eigenvalue weighted by Crippen LogP contribution is -2.41. The zero-order valence-electron chi connectivity index (χ0n) is 11.2. The van der Waals surface area contributed by atoms with E-state index < -0.39 is 5.91 Å². The van der Waals surface area contributed by atoms with Crippen molar-refractivity contribution in [2.24, 2.45) is 5.73 Å². The molecule has 1 aromatic carbocycles. The fraction of sp³-hybridized carbons (Fsp3) is 0.429. The molecule has 1 heterocycles. The van der Waals surface area contributed by atoms with E-state index in [1.54, 1.807) is 24.3 Å². The summed E-state index contributed by atoms with van der Waals surface area (Å²) in [5.41, 5.74) is 6.60. The van der Waals surface area contributed by atoms with E-state index in [0.29, 0.717) is 18.5 Å². The Labute approximate surface area is 122 Å². The molecule has 0 aliphatic carbocycles. The summed E-state index contributed by atoms with van der Waals surface area (Å²) in [6, 6.07) is 7.21. The molecule has 0 radical (unpaired) electrons. The van der Waals surface area contributed by atoms with Crippen molar-refractivity contribution in [3.63, 3.8) is 0 Å². The van der Waals surface area contributed by atoms with Crippen LogP contribution in [0.5, 0.6) is 0 Å². The molecule has 2 rings (SSSR count). The van der Waals surface area contributed by atoms with Crippen LogP contribution < -0.4 is 16.4 Å². The minimum absolute atomic E-state index is 0.0453. The van der Waals surface area contributed by atoms with Crippen LogP contribution in [-0.4, -0.2) is 35.9 Å². The summed E-state index contributed by atoms with van der Waals surface area (Å²) in [7, 11) is 0. The Bertz CT molecular complexity index is 470. The summed E-state index contributed by atoms with van der Waals surface area (Å²) in [4.78, 5) is 22.8. The zero-order valence-corrected chi connectivity index (χ0v) is 12.0. The molecule has 0 aromatic heterocycles. The van der Waals surface area contributed by atoms with Gasteiger partial charge in [0.15, 0.2) is 0 Å². The standard InChI is InChI=1S/C14H19N3O2S/c15-14(19)11-3-1-10(2-4-11)8-17-13(18)7-12-9-20-6-5-16-12/h1-4,12,16H,5-9H2,(H2,15,19)(H,17,18). The summed E-state index contributed by atoms with van der Waals surface area (Å²) >= 11 is 1.88. The fourth-order valence-corrected chi connectivity index (χ4v) is 2.98. The van der Waals surface area contributed by atoms with Crippen molar-refractivity contribution in [1.29, 1.82) is 0 Å². The van der Waals surface area contributed by atoms with Crippen molar-refractivity contribution in [2.45, 2.75) is 19.0 Å². The highest BCUT2D eigenvalue weighted by Crippen LogP contribution is 2.10. The number of nitrogens with one attached hydrogen (secondary N) is 2. The van der Waals surface area contributed by atoms with Gasteiger partial charge in [-0.25, -0.2) is 0 Å². The molecule has 0 spiro atoms. The molecule has 1 atom stereocenters. The average Bonchev–Trinajstić information content (AvgIpc) is 2.46. The van der Waals surface area contributed by atoms with Gasteiger partial charge in [0.2, 0.25) is 11.8 Å². The molecule has 1 saturated heterocycles. The van der Waals surface area contributed by atoms with E-state index in [2.05, 4.69) is 10.6 Å². The van der Waals surface area contributed by atoms with E-state index in [-0.39, 0.29) is 11.9 Å². The Morgan fingerprint density at radius 3 is 2.70 bits per heavy atom. The van der Waals surface area contributed by atoms with Gasteiger partial charge in [-0.05, 0) is 17.7 Å². The molecule has 4 N–H and O–H groups in total. The highest BCUT2D eigenvalue weighted by Gasteiger charge is 2.16. The number of thioether (sulfide) groups is 1. The molecule has 0 bridgehead atoms. The minimum atomic E-state index is -0.443. The second-order valence-corrected chi connectivity index (χ2v) is 5.92. The normalized spacial score (nSPS) is 18.5. The summed E-state index contributed by atoms with van der Waals surface area (Å²) in [5.74, 6) is 1.70. The maximum absolute atomic E-state index is 11.8. The molecule has 6 heteroatoms. The molecule has 20 heavy (non-hydrogen) atoms. The molecule has 108 valence electrons. The molecule has 1 fully saturated rings. The Morgan fingerprint density at radius 1 is 1.35 bits per heavy atom. The summed E-state index contributed by atoms with van der Waals surface area (Å²) < 4.78 is 0. The van der Waals surface area contributed by atoms with Crippen LogP contribution in [0, 0.1) is 0 Å². The van der Waals surface area contributed by atoms with Crippen LogP contribution in [0.1, 0.15) is 22.3 Å². The van der Waals surface area contributed by atoms with E-state index in [9.17, 15) is 9.59 Å². The van der Waals surface area contributed by atoms with E-state index in [1.165, 1.54) is 0 Å². The lowest BCUT2D eigenvalue weighted by Gasteiger charge is -2.22. The van der Waals surface area contributed by atoms with Crippen LogP contribution in [-0.2, 0) is 11.3 Å². The van der Waals surface area contributed by atoms with Crippen LogP contribution in [0.25, 0.3) is 0 Å². The smallest absolute Gasteiger partial charge is 0.248 e. The monoisotopic (exact) mass is 293 g/mol. The first-order valence-corrected chi connectivity index (χ1v) is 7.77. The summed E-state index contributed by atoms with van der Waals surface area (Å²) in [6.45, 7) is 1.44. The van der Waals surface area contributed by atoms with E-state index in [0.717, 1.165) is 23.6 Å². The third-order valence-corrected chi connectivity index (χ3v) is 4.29. The molecule has 1 aliphatic heterocycles. The Balaban J connectivity index is 1.76. The van der Waals surface area contributed by atoms with Crippen LogP contribution in [0.15, 0.2) is 24.3 Å². The number of amides is 2. The molecule has 1 aromatic rings. The second-order valence-electron chi connectivity index (χ2n) is 4.77. The van der Waals surface area contributed by atoms with E-state index in [1.807, 2.05) is 11.8 Å². The average molecular weight is 293 g/mol. The van der Waals surface area contributed by atoms with Gasteiger partial charge in [-0.1, -0.05) is 12.1 Å². The highest BCUT2D eigenvalue weighted by atomic mass is 32.2. The fourth-order valence-electron chi connectivity index (χ4n) is 2.03. The van der Waals surface area contributed by atoms with Crippen LogP contribution in [0.4, 0.5) is 0 Å². The molecule has 0 saturated carbocycles. The van der Waals surface area contributed by atoms with Crippen molar-refractivity contribution in [3.05, 3.63) is 35.4 Å². The lowest BCUT2D eigenvalue weighted by molar-refractivity contribution is -0.121. The first-order chi connectivity index (χ1) is 9.65. The van der Waals surface area contributed by atoms with Gasteiger partial charge < -0.3 is 16.4 Å². The first-order valence-electron chi connectivity index (χ1n) is 6.62. The number of hydrogen-bond acceptors (Lipinski definition) is 4. The first kappa shape index (κ1) is 14.9. The van der Waals surface area contributed by atoms with Crippen LogP contribution in [0.2, 0.25) is 0 Å². The van der Waals surface area contributed by atoms with Crippen LogP contribution in [0.3, 0.4) is 0 Å². The van der Waals surface area contributed by atoms with Gasteiger partial charge >= 0.3 is 0 Å². The van der Waals surface area contributed by atoms with Gasteiger partial charge in [0.25, 0.3) is 0 Å². The van der Waals surface area contributed by atoms with Crippen molar-refractivity contribution in [1.82, 2.24) is 10.6 Å². The topological polar surface area (TPSA) is 84.2 Å². The third kappa shape index (κ3) is 4.54. The van der Waals surface area contributed by atoms with Crippen molar-refractivity contribution in [2.75, 3.05) is 18.1 Å². The highest BCUT2D eigenvalue weighted by molar-refractivity contribution is 7.99. The number of carbonyl (C=O) groups is 2. The largest absolute Gasteiger partial charge is 0.366 e. The van der Waals surface area contributed by atoms with Crippen molar-refractivity contribution < 1.29 is 9.59 Å². The Morgan fingerprint density at radius 2 is 2.10 bits per heavy atom. The summed E-state index contributed by atoms with van der Waals surface area (Å²) in [5, 5.41) is 6.23. The third-order valence-electron chi connectivity index (χ3n) is 3.16. The van der Waals surface area contributed by atoms with E-state index in [4.69, 9.17) is 5.73 Å². The van der Waals surface area contributed by atoms with Gasteiger partial charge in [0, 0.05) is 42.6 Å². The number of nitrogens with two attached hydrogens (primary N) is 1. The number of carbonyl (C=O) groups excluding carboxylic acids is 2. The quantitative estimate of drug-likeness (QED) is 0.738. The van der Waals surface area contributed by atoms with Gasteiger partial charge in [0.1, 0.15) is 0 Å².